The van der Waals surface area contributed by atoms with Gasteiger partial charge >= 0.3 is 5.97 Å². The maximum Gasteiger partial charge on any atom is 0.325 e. The smallest absolute Gasteiger partial charge is 0.325 e. The Morgan fingerprint density at radius 1 is 1.15 bits per heavy atom. The molecule has 0 saturated carbocycles. The van der Waals surface area contributed by atoms with Crippen LogP contribution in [0.5, 0.6) is 0 Å². The van der Waals surface area contributed by atoms with E-state index in [1.165, 1.54) is 30.6 Å². The van der Waals surface area contributed by atoms with Gasteiger partial charge in [0.25, 0.3) is 5.91 Å². The number of methoxy groups -OCH3 is 1. The summed E-state index contributed by atoms with van der Waals surface area (Å²) < 4.78 is 7.06. The summed E-state index contributed by atoms with van der Waals surface area (Å²) in [7, 11) is 1.28. The molecule has 0 unspecified atom stereocenters. The fourth-order valence-electron chi connectivity index (χ4n) is 2.32. The van der Waals surface area contributed by atoms with Gasteiger partial charge in [-0.1, -0.05) is 52.2 Å². The number of ether oxygens (including phenoxy) is 1. The Morgan fingerprint density at radius 3 is 2.65 bits per heavy atom. The maximum absolute atomic E-state index is 12.6. The number of benzene rings is 2. The number of thiazole rings is 1. The molecule has 9 heteroatoms. The van der Waals surface area contributed by atoms with Crippen molar-refractivity contribution in [3.05, 3.63) is 61.8 Å². The molecule has 0 fully saturated rings. The van der Waals surface area contributed by atoms with E-state index < -0.39 is 11.9 Å². The van der Waals surface area contributed by atoms with E-state index in [4.69, 9.17) is 39.5 Å². The minimum Gasteiger partial charge on any atom is -0.468 e. The van der Waals surface area contributed by atoms with Crippen LogP contribution in [0.1, 0.15) is 10.4 Å². The van der Waals surface area contributed by atoms with Gasteiger partial charge in [0.1, 0.15) is 6.54 Å². The van der Waals surface area contributed by atoms with Crippen molar-refractivity contribution < 1.29 is 14.3 Å². The number of fused-ring (bicyclic) bond motifs is 1. The Kier molecular flexibility index (Phi) is 5.67. The first-order valence-corrected chi connectivity index (χ1v) is 9.24. The molecule has 0 aliphatic carbocycles. The second kappa shape index (κ2) is 7.80. The van der Waals surface area contributed by atoms with Crippen LogP contribution in [0, 0.1) is 0 Å². The SMILES string of the molecule is COC(=O)Cn1c(=NC(=O)c2cc(Cl)ccc2Cl)sc2cccc(Cl)c21. The lowest BCUT2D eigenvalue weighted by atomic mass is 10.2. The number of hydrogen-bond acceptors (Lipinski definition) is 4. The molecule has 134 valence electrons. The number of amides is 1. The summed E-state index contributed by atoms with van der Waals surface area (Å²) >= 11 is 19.5. The van der Waals surface area contributed by atoms with Crippen LogP contribution in [0.3, 0.4) is 0 Å². The van der Waals surface area contributed by atoms with Gasteiger partial charge in [0, 0.05) is 5.02 Å². The molecule has 0 aliphatic heterocycles. The second-order valence-corrected chi connectivity index (χ2v) is 7.43. The lowest BCUT2D eigenvalue weighted by Gasteiger charge is -2.05. The fourth-order valence-corrected chi connectivity index (χ4v) is 4.08. The highest BCUT2D eigenvalue weighted by Crippen LogP contribution is 2.26. The normalized spacial score (nSPS) is 11.8. The van der Waals surface area contributed by atoms with Gasteiger partial charge in [0.05, 0.1) is 32.9 Å². The quantitative estimate of drug-likeness (QED) is 0.573. The second-order valence-electron chi connectivity index (χ2n) is 5.17. The zero-order valence-electron chi connectivity index (χ0n) is 13.3. The van der Waals surface area contributed by atoms with Crippen molar-refractivity contribution in [2.45, 2.75) is 6.54 Å². The molecular formula is C17H11Cl3N2O3S. The fraction of sp³-hybridized carbons (Fsp3) is 0.118. The van der Waals surface area contributed by atoms with Crippen molar-refractivity contribution >= 4 is 68.2 Å². The van der Waals surface area contributed by atoms with Gasteiger partial charge < -0.3 is 9.30 Å². The van der Waals surface area contributed by atoms with E-state index >= 15 is 0 Å². The summed E-state index contributed by atoms with van der Waals surface area (Å²) in [5.41, 5.74) is 0.778. The summed E-state index contributed by atoms with van der Waals surface area (Å²) in [6.07, 6.45) is 0. The molecule has 0 atom stereocenters. The summed E-state index contributed by atoms with van der Waals surface area (Å²) in [5.74, 6) is -1.06. The number of nitrogens with zero attached hydrogens (tertiary/aromatic N) is 2. The first-order valence-electron chi connectivity index (χ1n) is 7.29. The van der Waals surface area contributed by atoms with Gasteiger partial charge in [-0.3, -0.25) is 9.59 Å². The molecule has 5 nitrogen and oxygen atoms in total. The van der Waals surface area contributed by atoms with Crippen molar-refractivity contribution in [1.29, 1.82) is 0 Å². The first kappa shape index (κ1) is 18.9. The molecule has 0 saturated heterocycles. The third-order valence-corrected chi connectivity index (χ3v) is 5.44. The van der Waals surface area contributed by atoms with Crippen LogP contribution in [0.15, 0.2) is 41.4 Å². The van der Waals surface area contributed by atoms with Crippen molar-refractivity contribution in [3.8, 4) is 0 Å². The Balaban J connectivity index is 2.20. The number of aromatic nitrogens is 1. The van der Waals surface area contributed by atoms with E-state index in [1.54, 1.807) is 22.8 Å². The summed E-state index contributed by atoms with van der Waals surface area (Å²) in [6.45, 7) is -0.129. The predicted molar refractivity (Wildman–Crippen MR) is 103 cm³/mol. The van der Waals surface area contributed by atoms with Crippen LogP contribution in [0.25, 0.3) is 10.2 Å². The van der Waals surface area contributed by atoms with Gasteiger partial charge in [-0.25, -0.2) is 0 Å². The number of rotatable bonds is 3. The molecule has 2 aromatic carbocycles. The van der Waals surface area contributed by atoms with E-state index in [2.05, 4.69) is 4.99 Å². The van der Waals surface area contributed by atoms with Gasteiger partial charge in [-0.15, -0.1) is 0 Å². The highest BCUT2D eigenvalue weighted by molar-refractivity contribution is 7.16. The summed E-state index contributed by atoms with van der Waals surface area (Å²) in [4.78, 5) is 28.8. The van der Waals surface area contributed by atoms with Crippen LogP contribution in [-0.4, -0.2) is 23.6 Å². The number of esters is 1. The van der Waals surface area contributed by atoms with Crippen molar-refractivity contribution in [1.82, 2.24) is 4.57 Å². The number of carbonyl (C=O) groups is 2. The minimum atomic E-state index is -0.571. The lowest BCUT2D eigenvalue weighted by Crippen LogP contribution is -2.22. The lowest BCUT2D eigenvalue weighted by molar-refractivity contribution is -0.141. The largest absolute Gasteiger partial charge is 0.468 e. The maximum atomic E-state index is 12.6. The molecule has 1 aromatic heterocycles. The Labute approximate surface area is 167 Å². The highest BCUT2D eigenvalue weighted by atomic mass is 35.5. The monoisotopic (exact) mass is 428 g/mol. The Hall–Kier alpha value is -1.86. The predicted octanol–water partition coefficient (Wildman–Crippen LogP) is 4.58. The van der Waals surface area contributed by atoms with Crippen molar-refractivity contribution in [2.24, 2.45) is 4.99 Å². The van der Waals surface area contributed by atoms with E-state index in [-0.39, 0.29) is 17.1 Å². The third kappa shape index (κ3) is 3.78. The van der Waals surface area contributed by atoms with Crippen molar-refractivity contribution in [3.63, 3.8) is 0 Å². The number of halogens is 3. The van der Waals surface area contributed by atoms with Crippen LogP contribution in [-0.2, 0) is 16.1 Å². The highest BCUT2D eigenvalue weighted by Gasteiger charge is 2.16. The van der Waals surface area contributed by atoms with Crippen LogP contribution < -0.4 is 4.80 Å². The summed E-state index contributed by atoms with van der Waals surface area (Å²) in [6, 6.07) is 9.86. The molecule has 3 aromatic rings. The zero-order chi connectivity index (χ0) is 18.8. The molecule has 3 rings (SSSR count). The molecule has 0 N–H and O–H groups in total. The van der Waals surface area contributed by atoms with Crippen LogP contribution >= 0.6 is 46.1 Å². The first-order chi connectivity index (χ1) is 12.4. The van der Waals surface area contributed by atoms with Crippen LogP contribution in [0.2, 0.25) is 15.1 Å². The van der Waals surface area contributed by atoms with Gasteiger partial charge in [0.15, 0.2) is 4.80 Å². The van der Waals surface area contributed by atoms with E-state index in [9.17, 15) is 9.59 Å². The van der Waals surface area contributed by atoms with Gasteiger partial charge in [0.2, 0.25) is 0 Å². The molecule has 0 radical (unpaired) electrons. The molecule has 26 heavy (non-hydrogen) atoms. The van der Waals surface area contributed by atoms with Gasteiger partial charge in [-0.05, 0) is 30.3 Å². The summed E-state index contributed by atoms with van der Waals surface area (Å²) in [5, 5.41) is 1.05. The molecule has 1 heterocycles. The zero-order valence-corrected chi connectivity index (χ0v) is 16.4. The minimum absolute atomic E-state index is 0.129. The average molecular weight is 430 g/mol. The van der Waals surface area contributed by atoms with Crippen molar-refractivity contribution in [2.75, 3.05) is 7.11 Å². The number of para-hydroxylation sites is 1. The van der Waals surface area contributed by atoms with Gasteiger partial charge in [-0.2, -0.15) is 4.99 Å². The third-order valence-electron chi connectivity index (χ3n) is 3.52. The van der Waals surface area contributed by atoms with E-state index in [1.807, 2.05) is 6.07 Å². The number of hydrogen-bond donors (Lipinski definition) is 0. The molecule has 0 spiro atoms. The average Bonchev–Trinajstić information content (AvgIpc) is 2.95. The molecular weight excluding hydrogens is 419 g/mol. The van der Waals surface area contributed by atoms with E-state index in [0.29, 0.717) is 20.4 Å². The van der Waals surface area contributed by atoms with E-state index in [0.717, 1.165) is 4.70 Å². The Morgan fingerprint density at radius 2 is 1.92 bits per heavy atom. The molecule has 0 aliphatic rings. The molecule has 1 amide bonds. The number of carbonyl (C=O) groups excluding carboxylic acids is 2. The Bertz CT molecular complexity index is 1090. The van der Waals surface area contributed by atoms with Crippen LogP contribution in [0.4, 0.5) is 0 Å². The topological polar surface area (TPSA) is 60.7 Å². The molecule has 0 bridgehead atoms. The standard InChI is InChI=1S/C17H11Cl3N2O3S/c1-25-14(23)8-22-15-12(20)3-2-4-13(15)26-17(22)21-16(24)10-7-9(18)5-6-11(10)19/h2-7H,8H2,1H3.